The zero-order valence-electron chi connectivity index (χ0n) is 12.0. The number of nitrogens with two attached hydrogens (primary N) is 1. The van der Waals surface area contributed by atoms with Gasteiger partial charge in [-0.3, -0.25) is 4.79 Å². The summed E-state index contributed by atoms with van der Waals surface area (Å²) in [6.07, 6.45) is 2.73. The molecule has 0 radical (unpaired) electrons. The van der Waals surface area contributed by atoms with E-state index in [1.165, 1.54) is 12.1 Å². The van der Waals surface area contributed by atoms with Crippen LogP contribution in [0.3, 0.4) is 0 Å². The standard InChI is InChI=1S/C15H20F2N2O.ClH/c1-10(18)13-7-2-3-8-19(13)14(20)9-11-5-4-6-12(16)15(11)17;/h4-6,10,13H,2-3,7-9,18H2,1H3;1H. The van der Waals surface area contributed by atoms with Gasteiger partial charge < -0.3 is 10.6 Å². The molecule has 0 aliphatic carbocycles. The maximum Gasteiger partial charge on any atom is 0.227 e. The predicted octanol–water partition coefficient (Wildman–Crippen LogP) is 2.66. The Labute approximate surface area is 129 Å². The number of piperidine rings is 1. The number of carbonyl (C=O) groups excluding carboxylic acids is 1. The Morgan fingerprint density at radius 1 is 1.43 bits per heavy atom. The molecular weight excluding hydrogens is 298 g/mol. The molecule has 0 saturated carbocycles. The average molecular weight is 319 g/mol. The molecule has 0 bridgehead atoms. The van der Waals surface area contributed by atoms with Crippen molar-refractivity contribution in [2.75, 3.05) is 6.54 Å². The quantitative estimate of drug-likeness (QED) is 0.931. The minimum atomic E-state index is -0.935. The third-order valence-corrected chi connectivity index (χ3v) is 3.85. The van der Waals surface area contributed by atoms with Gasteiger partial charge >= 0.3 is 0 Å². The smallest absolute Gasteiger partial charge is 0.227 e. The first-order valence-electron chi connectivity index (χ1n) is 6.98. The summed E-state index contributed by atoms with van der Waals surface area (Å²) in [5.74, 6) is -2.04. The van der Waals surface area contributed by atoms with Gasteiger partial charge in [0.15, 0.2) is 11.6 Å². The third-order valence-electron chi connectivity index (χ3n) is 3.85. The molecule has 21 heavy (non-hydrogen) atoms. The van der Waals surface area contributed by atoms with Gasteiger partial charge in [0, 0.05) is 24.2 Å². The molecule has 0 spiro atoms. The van der Waals surface area contributed by atoms with E-state index < -0.39 is 11.6 Å². The fraction of sp³-hybridized carbons (Fsp3) is 0.533. The first-order valence-corrected chi connectivity index (χ1v) is 6.98. The van der Waals surface area contributed by atoms with Crippen molar-refractivity contribution in [2.45, 2.75) is 44.7 Å². The zero-order valence-corrected chi connectivity index (χ0v) is 12.8. The van der Waals surface area contributed by atoms with E-state index in [0.717, 1.165) is 25.3 Å². The highest BCUT2D eigenvalue weighted by molar-refractivity contribution is 5.85. The Bertz CT molecular complexity index is 497. The van der Waals surface area contributed by atoms with E-state index in [0.29, 0.717) is 6.54 Å². The Hall–Kier alpha value is -1.20. The first kappa shape index (κ1) is 17.9. The molecule has 118 valence electrons. The third kappa shape index (κ3) is 4.14. The van der Waals surface area contributed by atoms with Crippen LogP contribution >= 0.6 is 12.4 Å². The Morgan fingerprint density at radius 2 is 2.14 bits per heavy atom. The summed E-state index contributed by atoms with van der Waals surface area (Å²) in [6, 6.07) is 3.79. The van der Waals surface area contributed by atoms with Gasteiger partial charge in [0.1, 0.15) is 0 Å². The monoisotopic (exact) mass is 318 g/mol. The van der Waals surface area contributed by atoms with Crippen LogP contribution in [0.1, 0.15) is 31.7 Å². The minimum Gasteiger partial charge on any atom is -0.338 e. The summed E-state index contributed by atoms with van der Waals surface area (Å²) in [4.78, 5) is 14.0. The van der Waals surface area contributed by atoms with Crippen molar-refractivity contribution >= 4 is 18.3 Å². The van der Waals surface area contributed by atoms with E-state index >= 15 is 0 Å². The number of hydrogen-bond acceptors (Lipinski definition) is 2. The summed E-state index contributed by atoms with van der Waals surface area (Å²) in [7, 11) is 0. The number of rotatable bonds is 3. The van der Waals surface area contributed by atoms with Crippen LogP contribution in [0.5, 0.6) is 0 Å². The number of carbonyl (C=O) groups is 1. The second kappa shape index (κ2) is 7.71. The van der Waals surface area contributed by atoms with E-state index in [9.17, 15) is 13.6 Å². The van der Waals surface area contributed by atoms with Crippen LogP contribution in [0.4, 0.5) is 8.78 Å². The number of hydrogen-bond donors (Lipinski definition) is 1. The van der Waals surface area contributed by atoms with E-state index in [4.69, 9.17) is 5.73 Å². The Morgan fingerprint density at radius 3 is 2.81 bits per heavy atom. The molecule has 1 aliphatic heterocycles. The highest BCUT2D eigenvalue weighted by Gasteiger charge is 2.29. The maximum atomic E-state index is 13.6. The molecule has 2 N–H and O–H groups in total. The highest BCUT2D eigenvalue weighted by Crippen LogP contribution is 2.21. The topological polar surface area (TPSA) is 46.3 Å². The predicted molar refractivity (Wildman–Crippen MR) is 80.3 cm³/mol. The molecule has 1 saturated heterocycles. The highest BCUT2D eigenvalue weighted by atomic mass is 35.5. The molecule has 2 rings (SSSR count). The average Bonchev–Trinajstić information content (AvgIpc) is 2.43. The summed E-state index contributed by atoms with van der Waals surface area (Å²) >= 11 is 0. The number of amides is 1. The second-order valence-corrected chi connectivity index (χ2v) is 5.40. The summed E-state index contributed by atoms with van der Waals surface area (Å²) in [6.45, 7) is 2.51. The van der Waals surface area contributed by atoms with Crippen molar-refractivity contribution in [2.24, 2.45) is 5.73 Å². The van der Waals surface area contributed by atoms with Crippen molar-refractivity contribution < 1.29 is 13.6 Å². The largest absolute Gasteiger partial charge is 0.338 e. The molecule has 1 aliphatic rings. The van der Waals surface area contributed by atoms with E-state index in [1.807, 2.05) is 6.92 Å². The lowest BCUT2D eigenvalue weighted by atomic mass is 9.96. The lowest BCUT2D eigenvalue weighted by Gasteiger charge is -2.38. The molecule has 1 aromatic carbocycles. The van der Waals surface area contributed by atoms with Crippen molar-refractivity contribution in [3.8, 4) is 0 Å². The van der Waals surface area contributed by atoms with Crippen LogP contribution in [0, 0.1) is 11.6 Å². The lowest BCUT2D eigenvalue weighted by molar-refractivity contribution is -0.134. The molecule has 2 atom stereocenters. The van der Waals surface area contributed by atoms with E-state index in [-0.39, 0.29) is 42.4 Å². The number of likely N-dealkylation sites (tertiary alicyclic amines) is 1. The van der Waals surface area contributed by atoms with Crippen LogP contribution in [-0.4, -0.2) is 29.4 Å². The van der Waals surface area contributed by atoms with Gasteiger partial charge in [-0.15, -0.1) is 12.4 Å². The van der Waals surface area contributed by atoms with Gasteiger partial charge in [0.2, 0.25) is 5.91 Å². The number of benzene rings is 1. The molecule has 2 unspecified atom stereocenters. The number of halogens is 3. The van der Waals surface area contributed by atoms with Crippen molar-refractivity contribution in [3.63, 3.8) is 0 Å². The van der Waals surface area contributed by atoms with Gasteiger partial charge in [0.05, 0.1) is 6.42 Å². The summed E-state index contributed by atoms with van der Waals surface area (Å²) < 4.78 is 26.8. The van der Waals surface area contributed by atoms with Gasteiger partial charge in [-0.2, -0.15) is 0 Å². The lowest BCUT2D eigenvalue weighted by Crippen LogP contribution is -2.52. The van der Waals surface area contributed by atoms with Crippen LogP contribution < -0.4 is 5.73 Å². The number of nitrogens with zero attached hydrogens (tertiary/aromatic N) is 1. The van der Waals surface area contributed by atoms with Crippen LogP contribution in [0.25, 0.3) is 0 Å². The van der Waals surface area contributed by atoms with E-state index in [2.05, 4.69) is 0 Å². The zero-order chi connectivity index (χ0) is 14.7. The van der Waals surface area contributed by atoms with Crippen molar-refractivity contribution in [3.05, 3.63) is 35.4 Å². The van der Waals surface area contributed by atoms with Crippen LogP contribution in [0.2, 0.25) is 0 Å². The second-order valence-electron chi connectivity index (χ2n) is 5.40. The van der Waals surface area contributed by atoms with Gasteiger partial charge in [-0.25, -0.2) is 8.78 Å². The van der Waals surface area contributed by atoms with Gasteiger partial charge in [-0.1, -0.05) is 12.1 Å². The summed E-state index contributed by atoms with van der Waals surface area (Å²) in [5, 5.41) is 0. The van der Waals surface area contributed by atoms with Crippen molar-refractivity contribution in [1.82, 2.24) is 4.90 Å². The minimum absolute atomic E-state index is 0. The first-order chi connectivity index (χ1) is 9.50. The molecule has 6 heteroatoms. The SMILES string of the molecule is CC(N)C1CCCCN1C(=O)Cc1cccc(F)c1F.Cl. The maximum absolute atomic E-state index is 13.6. The van der Waals surface area contributed by atoms with Crippen LogP contribution in [0.15, 0.2) is 18.2 Å². The fourth-order valence-electron chi connectivity index (χ4n) is 2.76. The fourth-order valence-corrected chi connectivity index (χ4v) is 2.76. The molecule has 1 heterocycles. The Balaban J connectivity index is 0.00000220. The molecule has 0 aromatic heterocycles. The molecular formula is C15H21ClF2N2O. The molecule has 1 amide bonds. The van der Waals surface area contributed by atoms with Gasteiger partial charge in [0.25, 0.3) is 0 Å². The van der Waals surface area contributed by atoms with Crippen LogP contribution in [-0.2, 0) is 11.2 Å². The molecule has 1 fully saturated rings. The Kier molecular flexibility index (Phi) is 6.55. The molecule has 3 nitrogen and oxygen atoms in total. The van der Waals surface area contributed by atoms with E-state index in [1.54, 1.807) is 4.90 Å². The van der Waals surface area contributed by atoms with Crippen molar-refractivity contribution in [1.29, 1.82) is 0 Å². The normalized spacial score (nSPS) is 19.8. The van der Waals surface area contributed by atoms with Gasteiger partial charge in [-0.05, 0) is 32.3 Å². The molecule has 1 aromatic rings. The summed E-state index contributed by atoms with van der Waals surface area (Å²) in [5.41, 5.74) is 6.02.